The van der Waals surface area contributed by atoms with Crippen LogP contribution in [0.1, 0.15) is 0 Å². The highest BCUT2D eigenvalue weighted by molar-refractivity contribution is 7.42. The number of fused-ring (bicyclic) bond motifs is 1. The second kappa shape index (κ2) is 2.73. The summed E-state index contributed by atoms with van der Waals surface area (Å²) in [5.74, 6) is -8.33. The highest BCUT2D eigenvalue weighted by Gasteiger charge is 2.87. The molecule has 1 saturated carbocycles. The van der Waals surface area contributed by atoms with Crippen LogP contribution in [-0.2, 0) is 13.6 Å². The summed E-state index contributed by atoms with van der Waals surface area (Å²) < 4.78 is 14.0. The zero-order valence-corrected chi connectivity index (χ0v) is 8.48. The molecule has 2 bridgehead atoms. The summed E-state index contributed by atoms with van der Waals surface area (Å²) in [5.41, 5.74) is 0. The van der Waals surface area contributed by atoms with Crippen LogP contribution in [0.25, 0.3) is 0 Å². The number of aliphatic hydroxyl groups excluding tert-OH is 3. The number of rotatable bonds is 0. The predicted octanol–water partition coefficient (Wildman–Crippen LogP) is -3.55. The fourth-order valence-corrected chi connectivity index (χ4v) is 3.55. The van der Waals surface area contributed by atoms with Gasteiger partial charge in [-0.15, -0.1) is 0 Å². The molecular weight excluding hydrogens is 247 g/mol. The van der Waals surface area contributed by atoms with Gasteiger partial charge in [-0.05, 0) is 0 Å². The molecule has 3 fully saturated rings. The molecule has 10 heteroatoms. The molecule has 0 amide bonds. The van der Waals surface area contributed by atoms with Gasteiger partial charge in [-0.1, -0.05) is 0 Å². The quantitative estimate of drug-likeness (QED) is 0.242. The lowest BCUT2D eigenvalue weighted by molar-refractivity contribution is -0.466. The maximum absolute atomic E-state index is 9.91. The maximum atomic E-state index is 9.91. The summed E-state index contributed by atoms with van der Waals surface area (Å²) in [5, 5.41) is 58.0. The van der Waals surface area contributed by atoms with Gasteiger partial charge in [-0.25, -0.2) is 0 Å². The Bertz CT molecular complexity index is 322. The van der Waals surface area contributed by atoms with E-state index >= 15 is 0 Å². The topological polar surface area (TPSA) is 149 Å². The van der Waals surface area contributed by atoms with E-state index in [9.17, 15) is 30.6 Å². The van der Waals surface area contributed by atoms with Gasteiger partial charge in [-0.2, -0.15) is 0 Å². The third-order valence-corrected chi connectivity index (χ3v) is 4.32. The lowest BCUT2D eigenvalue weighted by Crippen LogP contribution is -2.82. The molecule has 3 aliphatic rings. The summed E-state index contributed by atoms with van der Waals surface area (Å²) in [6, 6.07) is 0. The van der Waals surface area contributed by atoms with E-state index in [-0.39, 0.29) is 0 Å². The Morgan fingerprint density at radius 3 is 1.62 bits per heavy atom. The molecule has 16 heavy (non-hydrogen) atoms. The van der Waals surface area contributed by atoms with Crippen molar-refractivity contribution in [3.8, 4) is 0 Å². The van der Waals surface area contributed by atoms with Crippen LogP contribution in [-0.4, -0.2) is 66.3 Å². The molecule has 0 spiro atoms. The Labute approximate surface area is 89.4 Å². The average molecular weight is 256 g/mol. The monoisotopic (exact) mass is 256 g/mol. The van der Waals surface area contributed by atoms with E-state index in [1.54, 1.807) is 0 Å². The first-order valence-electron chi connectivity index (χ1n) is 4.35. The predicted molar refractivity (Wildman–Crippen MR) is 43.0 cm³/mol. The van der Waals surface area contributed by atoms with Crippen LogP contribution in [0.4, 0.5) is 0 Å². The summed E-state index contributed by atoms with van der Waals surface area (Å²) >= 11 is 0. The summed E-state index contributed by atoms with van der Waals surface area (Å²) in [4.78, 5) is 0. The van der Waals surface area contributed by atoms with Crippen LogP contribution in [0.2, 0.25) is 0 Å². The van der Waals surface area contributed by atoms with E-state index in [1.165, 1.54) is 0 Å². The van der Waals surface area contributed by atoms with E-state index in [4.69, 9.17) is 0 Å². The van der Waals surface area contributed by atoms with Gasteiger partial charge < -0.3 is 30.6 Å². The number of hydrogen-bond acceptors (Lipinski definition) is 9. The van der Waals surface area contributed by atoms with Crippen molar-refractivity contribution in [2.75, 3.05) is 0 Å². The smallest absolute Gasteiger partial charge is 0.341 e. The van der Waals surface area contributed by atoms with Crippen molar-refractivity contribution in [3.05, 3.63) is 0 Å². The minimum Gasteiger partial charge on any atom is -0.387 e. The molecule has 0 radical (unpaired) electrons. The maximum Gasteiger partial charge on any atom is 0.341 e. The van der Waals surface area contributed by atoms with E-state index in [1.807, 2.05) is 0 Å². The zero-order chi connectivity index (χ0) is 11.9. The molecule has 6 N–H and O–H groups in total. The summed E-state index contributed by atoms with van der Waals surface area (Å²) in [6.45, 7) is 0. The lowest BCUT2D eigenvalue weighted by Gasteiger charge is -2.53. The van der Waals surface area contributed by atoms with Crippen LogP contribution in [0.3, 0.4) is 0 Å². The van der Waals surface area contributed by atoms with Crippen LogP contribution >= 0.6 is 8.60 Å². The van der Waals surface area contributed by atoms with Gasteiger partial charge in [0, 0.05) is 0 Å². The highest BCUT2D eigenvalue weighted by Crippen LogP contribution is 2.72. The second-order valence-electron chi connectivity index (χ2n) is 3.91. The van der Waals surface area contributed by atoms with Crippen molar-refractivity contribution in [1.29, 1.82) is 0 Å². The van der Waals surface area contributed by atoms with Crippen molar-refractivity contribution < 1.29 is 44.2 Å². The molecule has 2 heterocycles. The molecule has 0 aromatic heterocycles. The van der Waals surface area contributed by atoms with Crippen molar-refractivity contribution in [2.45, 2.75) is 35.7 Å². The fourth-order valence-electron chi connectivity index (χ4n) is 2.05. The first-order valence-corrected chi connectivity index (χ1v) is 5.44. The molecule has 9 nitrogen and oxygen atoms in total. The molecule has 0 aromatic carbocycles. The van der Waals surface area contributed by atoms with Gasteiger partial charge >= 0.3 is 8.60 Å². The van der Waals surface area contributed by atoms with Crippen molar-refractivity contribution in [1.82, 2.24) is 0 Å². The van der Waals surface area contributed by atoms with E-state index in [0.717, 1.165) is 0 Å². The Morgan fingerprint density at radius 1 is 0.812 bits per heavy atom. The number of hydrogen-bond donors (Lipinski definition) is 6. The molecule has 2 saturated heterocycles. The van der Waals surface area contributed by atoms with Gasteiger partial charge in [0.1, 0.15) is 18.3 Å². The Kier molecular flexibility index (Phi) is 1.91. The second-order valence-corrected chi connectivity index (χ2v) is 4.91. The van der Waals surface area contributed by atoms with E-state index in [2.05, 4.69) is 13.6 Å². The third-order valence-electron chi connectivity index (χ3n) is 3.05. The highest BCUT2D eigenvalue weighted by atomic mass is 31.2. The van der Waals surface area contributed by atoms with Gasteiger partial charge in [0.15, 0.2) is 0 Å². The standard InChI is InChI=1S/C6H9O9P/c7-1-2(8)4(10)6(12)5(11,3(1)9)14-16(13-4)15-6/h1-3,7-12H/t1?,2-,3-,4-,5-,6?,16?/m1/s1. The van der Waals surface area contributed by atoms with Crippen molar-refractivity contribution in [2.24, 2.45) is 0 Å². The van der Waals surface area contributed by atoms with Gasteiger partial charge in [0.05, 0.1) is 0 Å². The molecule has 4 atom stereocenters. The summed E-state index contributed by atoms with van der Waals surface area (Å²) in [7, 11) is -2.30. The summed E-state index contributed by atoms with van der Waals surface area (Å²) in [6.07, 6.45) is -6.07. The van der Waals surface area contributed by atoms with E-state index in [0.29, 0.717) is 0 Å². The largest absolute Gasteiger partial charge is 0.387 e. The zero-order valence-electron chi connectivity index (χ0n) is 7.59. The molecular formula is C6H9O9P. The first kappa shape index (κ1) is 11.2. The minimum absolute atomic E-state index is 1.96. The van der Waals surface area contributed by atoms with Gasteiger partial charge in [0.2, 0.25) is 0 Å². The van der Waals surface area contributed by atoms with Crippen molar-refractivity contribution in [3.63, 3.8) is 0 Å². The van der Waals surface area contributed by atoms with E-state index < -0.39 is 44.3 Å². The molecule has 3 rings (SSSR count). The molecule has 0 aromatic rings. The first-order chi connectivity index (χ1) is 7.26. The number of aliphatic hydroxyl groups is 6. The van der Waals surface area contributed by atoms with Crippen LogP contribution in [0.5, 0.6) is 0 Å². The molecule has 2 aliphatic heterocycles. The average Bonchev–Trinajstić information content (AvgIpc) is 2.62. The van der Waals surface area contributed by atoms with Gasteiger partial charge in [0.25, 0.3) is 17.4 Å². The normalized spacial score (nSPS) is 68.6. The van der Waals surface area contributed by atoms with Gasteiger partial charge in [-0.3, -0.25) is 13.6 Å². The van der Waals surface area contributed by atoms with Crippen LogP contribution in [0, 0.1) is 0 Å². The Morgan fingerprint density at radius 2 is 1.25 bits per heavy atom. The fraction of sp³-hybridized carbons (Fsp3) is 1.00. The van der Waals surface area contributed by atoms with Crippen molar-refractivity contribution >= 4 is 8.60 Å². The lowest BCUT2D eigenvalue weighted by atomic mass is 9.77. The third kappa shape index (κ3) is 0.853. The Hall–Kier alpha value is 0.0700. The molecule has 1 aliphatic carbocycles. The minimum atomic E-state index is -2.84. The SMILES string of the molecule is OC1[C@@H](O)[C@@]2(O)OP3OC2(O)[C@](O)(O3)[C@@H]1O. The van der Waals surface area contributed by atoms with Crippen LogP contribution in [0.15, 0.2) is 0 Å². The van der Waals surface area contributed by atoms with Crippen LogP contribution < -0.4 is 0 Å². The Balaban J connectivity index is 2.17. The molecule has 0 unspecified atom stereocenters. The molecule has 92 valence electrons.